The standard InChI is InChI=1S/C12H10O4S2/c13-17(14)11-7-3-1-5-9(11)10-6-2-4-8-12(10)18(15)16/h1-8H,(H,13,14)(H,15,16). The van der Waals surface area contributed by atoms with Crippen molar-refractivity contribution in [2.75, 3.05) is 0 Å². The highest BCUT2D eigenvalue weighted by molar-refractivity contribution is 7.79. The van der Waals surface area contributed by atoms with Crippen LogP contribution < -0.4 is 0 Å². The Morgan fingerprint density at radius 3 is 1.33 bits per heavy atom. The molecule has 2 atom stereocenters. The molecular formula is C12H10O4S2. The fraction of sp³-hybridized carbons (Fsp3) is 0. The smallest absolute Gasteiger partial charge is 0.187 e. The molecule has 0 saturated carbocycles. The lowest BCUT2D eigenvalue weighted by Gasteiger charge is -2.09. The fourth-order valence-electron chi connectivity index (χ4n) is 1.68. The minimum absolute atomic E-state index is 0.218. The SMILES string of the molecule is O=S(O)c1ccccc1-c1ccccc1S(=O)O. The molecule has 0 heterocycles. The maximum atomic E-state index is 11.2. The van der Waals surface area contributed by atoms with Crippen LogP contribution in [0.4, 0.5) is 0 Å². The molecule has 0 aliphatic rings. The normalized spacial score (nSPS) is 14.1. The van der Waals surface area contributed by atoms with Gasteiger partial charge in [0, 0.05) is 11.1 Å². The lowest BCUT2D eigenvalue weighted by atomic mass is 10.1. The summed E-state index contributed by atoms with van der Waals surface area (Å²) < 4.78 is 41.0. The van der Waals surface area contributed by atoms with Crippen LogP contribution in [-0.4, -0.2) is 17.5 Å². The van der Waals surface area contributed by atoms with Crippen molar-refractivity contribution < 1.29 is 17.5 Å². The van der Waals surface area contributed by atoms with Crippen LogP contribution >= 0.6 is 0 Å². The number of rotatable bonds is 3. The molecule has 0 spiro atoms. The first kappa shape index (κ1) is 13.1. The molecule has 0 fully saturated rings. The Bertz CT molecular complexity index is 569. The van der Waals surface area contributed by atoms with Crippen molar-refractivity contribution in [1.82, 2.24) is 0 Å². The fourth-order valence-corrected chi connectivity index (χ4v) is 2.81. The molecule has 4 nitrogen and oxygen atoms in total. The quantitative estimate of drug-likeness (QED) is 0.848. The van der Waals surface area contributed by atoms with E-state index in [0.29, 0.717) is 11.1 Å². The van der Waals surface area contributed by atoms with Gasteiger partial charge in [0.25, 0.3) is 0 Å². The van der Waals surface area contributed by atoms with E-state index in [2.05, 4.69) is 0 Å². The van der Waals surface area contributed by atoms with E-state index in [9.17, 15) is 17.5 Å². The van der Waals surface area contributed by atoms with Gasteiger partial charge in [-0.05, 0) is 12.1 Å². The summed E-state index contributed by atoms with van der Waals surface area (Å²) in [6.07, 6.45) is 0. The van der Waals surface area contributed by atoms with Crippen LogP contribution in [0.2, 0.25) is 0 Å². The van der Waals surface area contributed by atoms with Crippen LogP contribution in [0.1, 0.15) is 0 Å². The Morgan fingerprint density at radius 1 is 0.667 bits per heavy atom. The summed E-state index contributed by atoms with van der Waals surface area (Å²) in [5, 5.41) is 0. The minimum Gasteiger partial charge on any atom is -0.302 e. The molecule has 2 N–H and O–H groups in total. The van der Waals surface area contributed by atoms with Crippen molar-refractivity contribution in [3.8, 4) is 11.1 Å². The maximum Gasteiger partial charge on any atom is 0.187 e. The van der Waals surface area contributed by atoms with Crippen LogP contribution in [0, 0.1) is 0 Å². The molecule has 94 valence electrons. The highest BCUT2D eigenvalue weighted by atomic mass is 32.2. The van der Waals surface area contributed by atoms with E-state index in [4.69, 9.17) is 0 Å². The third kappa shape index (κ3) is 2.56. The number of hydrogen-bond donors (Lipinski definition) is 2. The third-order valence-electron chi connectivity index (χ3n) is 2.44. The third-order valence-corrected chi connectivity index (χ3v) is 3.91. The van der Waals surface area contributed by atoms with Crippen LogP contribution in [0.5, 0.6) is 0 Å². The van der Waals surface area contributed by atoms with E-state index in [1.165, 1.54) is 12.1 Å². The Kier molecular flexibility index (Phi) is 4.03. The average Bonchev–Trinajstić information content (AvgIpc) is 2.38. The molecule has 2 aromatic carbocycles. The van der Waals surface area contributed by atoms with E-state index >= 15 is 0 Å². The Labute approximate surface area is 109 Å². The zero-order valence-corrected chi connectivity index (χ0v) is 10.8. The predicted octanol–water partition coefficient (Wildman–Crippen LogP) is 2.51. The molecule has 0 aliphatic heterocycles. The van der Waals surface area contributed by atoms with Crippen LogP contribution in [0.25, 0.3) is 11.1 Å². The van der Waals surface area contributed by atoms with Crippen molar-refractivity contribution in [3.05, 3.63) is 48.5 Å². The summed E-state index contributed by atoms with van der Waals surface area (Å²) >= 11 is -4.29. The molecule has 0 radical (unpaired) electrons. The van der Waals surface area contributed by atoms with Crippen LogP contribution in [0.3, 0.4) is 0 Å². The van der Waals surface area contributed by atoms with Gasteiger partial charge in [-0.2, -0.15) is 0 Å². The summed E-state index contributed by atoms with van der Waals surface area (Å²) in [7, 11) is 0. The van der Waals surface area contributed by atoms with Crippen molar-refractivity contribution in [1.29, 1.82) is 0 Å². The Morgan fingerprint density at radius 2 is 1.00 bits per heavy atom. The molecule has 0 aliphatic carbocycles. The molecule has 6 heteroatoms. The van der Waals surface area contributed by atoms with Gasteiger partial charge in [0.15, 0.2) is 22.2 Å². The molecule has 2 rings (SSSR count). The molecule has 0 amide bonds. The maximum absolute atomic E-state index is 11.2. The lowest BCUT2D eigenvalue weighted by molar-refractivity contribution is 0.562. The van der Waals surface area contributed by atoms with Crippen LogP contribution in [0.15, 0.2) is 58.3 Å². The van der Waals surface area contributed by atoms with Gasteiger partial charge in [-0.25, -0.2) is 8.42 Å². The van der Waals surface area contributed by atoms with Crippen molar-refractivity contribution in [2.45, 2.75) is 9.79 Å². The van der Waals surface area contributed by atoms with E-state index in [1.54, 1.807) is 36.4 Å². The first-order valence-corrected chi connectivity index (χ1v) is 7.22. The Hall–Kier alpha value is -1.34. The van der Waals surface area contributed by atoms with Gasteiger partial charge in [0.1, 0.15) is 0 Å². The van der Waals surface area contributed by atoms with Gasteiger partial charge in [-0.15, -0.1) is 0 Å². The largest absolute Gasteiger partial charge is 0.302 e. The topological polar surface area (TPSA) is 74.6 Å². The second-order valence-corrected chi connectivity index (χ2v) is 5.37. The van der Waals surface area contributed by atoms with Crippen LogP contribution in [-0.2, 0) is 22.2 Å². The van der Waals surface area contributed by atoms with Crippen molar-refractivity contribution in [2.24, 2.45) is 0 Å². The van der Waals surface area contributed by atoms with Gasteiger partial charge in [0.2, 0.25) is 0 Å². The number of hydrogen-bond acceptors (Lipinski definition) is 2. The molecule has 0 bridgehead atoms. The summed E-state index contributed by atoms with van der Waals surface area (Å²) in [5.74, 6) is 0. The first-order chi connectivity index (χ1) is 8.61. The summed E-state index contributed by atoms with van der Waals surface area (Å²) in [6, 6.07) is 13.0. The van der Waals surface area contributed by atoms with Gasteiger partial charge < -0.3 is 9.11 Å². The average molecular weight is 282 g/mol. The molecule has 0 saturated heterocycles. The lowest BCUT2D eigenvalue weighted by Crippen LogP contribution is -1.97. The molecule has 18 heavy (non-hydrogen) atoms. The van der Waals surface area contributed by atoms with Gasteiger partial charge in [-0.3, -0.25) is 0 Å². The zero-order valence-electron chi connectivity index (χ0n) is 9.15. The second-order valence-electron chi connectivity index (χ2n) is 3.49. The molecule has 0 aromatic heterocycles. The monoisotopic (exact) mass is 282 g/mol. The highest BCUT2D eigenvalue weighted by Crippen LogP contribution is 2.30. The Balaban J connectivity index is 2.70. The zero-order chi connectivity index (χ0) is 13.1. The molecular weight excluding hydrogens is 272 g/mol. The number of benzene rings is 2. The molecule has 2 unspecified atom stereocenters. The van der Waals surface area contributed by atoms with Gasteiger partial charge >= 0.3 is 0 Å². The second kappa shape index (κ2) is 5.53. The van der Waals surface area contributed by atoms with Gasteiger partial charge in [-0.1, -0.05) is 36.4 Å². The van der Waals surface area contributed by atoms with Crippen molar-refractivity contribution >= 4 is 22.2 Å². The minimum atomic E-state index is -2.14. The summed E-state index contributed by atoms with van der Waals surface area (Å²) in [4.78, 5) is 0.436. The summed E-state index contributed by atoms with van der Waals surface area (Å²) in [6.45, 7) is 0. The molecule has 2 aromatic rings. The van der Waals surface area contributed by atoms with E-state index in [-0.39, 0.29) is 9.79 Å². The first-order valence-electron chi connectivity index (χ1n) is 5.01. The predicted molar refractivity (Wildman–Crippen MR) is 70.0 cm³/mol. The van der Waals surface area contributed by atoms with Crippen molar-refractivity contribution in [3.63, 3.8) is 0 Å². The highest BCUT2D eigenvalue weighted by Gasteiger charge is 2.14. The van der Waals surface area contributed by atoms with E-state index < -0.39 is 22.2 Å². The summed E-state index contributed by atoms with van der Waals surface area (Å²) in [5.41, 5.74) is 0.965. The van der Waals surface area contributed by atoms with E-state index in [1.807, 2.05) is 0 Å². The van der Waals surface area contributed by atoms with Gasteiger partial charge in [0.05, 0.1) is 9.79 Å². The van der Waals surface area contributed by atoms with E-state index in [0.717, 1.165) is 0 Å².